The quantitative estimate of drug-likeness (QED) is 0.778. The minimum atomic E-state index is -0.0198. The Morgan fingerprint density at radius 1 is 1.35 bits per heavy atom. The Balaban J connectivity index is 3.27. The zero-order valence-electron chi connectivity index (χ0n) is 10.5. The molecule has 0 aliphatic heterocycles. The topological polar surface area (TPSA) is 35.5 Å². The third-order valence-corrected chi connectivity index (χ3v) is 3.41. The molecule has 0 radical (unpaired) electrons. The molecule has 1 atom stereocenters. The summed E-state index contributed by atoms with van der Waals surface area (Å²) in [6.45, 7) is 3.91. The van der Waals surface area contributed by atoms with Gasteiger partial charge in [0, 0.05) is 16.5 Å². The predicted molar refractivity (Wildman–Crippen MR) is 71.0 cm³/mol. The van der Waals surface area contributed by atoms with E-state index in [9.17, 15) is 4.79 Å². The summed E-state index contributed by atoms with van der Waals surface area (Å²) in [4.78, 5) is 12.2. The van der Waals surface area contributed by atoms with Crippen LogP contribution in [0.5, 0.6) is 11.5 Å². The van der Waals surface area contributed by atoms with E-state index < -0.39 is 0 Å². The molecular weight excluding hydrogens is 284 g/mol. The summed E-state index contributed by atoms with van der Waals surface area (Å²) in [7, 11) is 3.13. The van der Waals surface area contributed by atoms with Gasteiger partial charge in [-0.3, -0.25) is 4.79 Å². The first-order valence-corrected chi connectivity index (χ1v) is 6.30. The maximum atomic E-state index is 12.2. The molecule has 4 heteroatoms. The van der Waals surface area contributed by atoms with Crippen LogP contribution in [0.25, 0.3) is 0 Å². The van der Waals surface area contributed by atoms with Gasteiger partial charge in [0.2, 0.25) is 0 Å². The van der Waals surface area contributed by atoms with Crippen molar-refractivity contribution in [3.63, 3.8) is 0 Å². The second-order valence-electron chi connectivity index (χ2n) is 3.86. The molecule has 0 bridgehead atoms. The third kappa shape index (κ3) is 3.00. The van der Waals surface area contributed by atoms with Crippen LogP contribution >= 0.6 is 15.9 Å². The van der Waals surface area contributed by atoms with Gasteiger partial charge in [0.1, 0.15) is 11.5 Å². The van der Waals surface area contributed by atoms with E-state index in [2.05, 4.69) is 15.9 Å². The first kappa shape index (κ1) is 14.0. The van der Waals surface area contributed by atoms with Crippen molar-refractivity contribution in [1.29, 1.82) is 0 Å². The van der Waals surface area contributed by atoms with Gasteiger partial charge >= 0.3 is 0 Å². The maximum Gasteiger partial charge on any atom is 0.170 e. The number of methoxy groups -OCH3 is 2. The number of rotatable bonds is 5. The Labute approximate surface area is 110 Å². The lowest BCUT2D eigenvalue weighted by molar-refractivity contribution is 0.0923. The summed E-state index contributed by atoms with van der Waals surface area (Å²) >= 11 is 3.40. The van der Waals surface area contributed by atoms with E-state index in [0.29, 0.717) is 21.5 Å². The largest absolute Gasteiger partial charge is 0.497 e. The smallest absolute Gasteiger partial charge is 0.170 e. The van der Waals surface area contributed by atoms with Gasteiger partial charge in [0.25, 0.3) is 0 Å². The summed E-state index contributed by atoms with van der Waals surface area (Å²) in [6, 6.07) is 3.50. The number of ether oxygens (including phenoxy) is 2. The van der Waals surface area contributed by atoms with E-state index in [4.69, 9.17) is 9.47 Å². The van der Waals surface area contributed by atoms with Crippen molar-refractivity contribution in [2.24, 2.45) is 5.92 Å². The van der Waals surface area contributed by atoms with E-state index in [0.717, 1.165) is 6.42 Å². The third-order valence-electron chi connectivity index (χ3n) is 2.79. The van der Waals surface area contributed by atoms with Crippen LogP contribution in [0.1, 0.15) is 30.6 Å². The fourth-order valence-electron chi connectivity index (χ4n) is 1.51. The fraction of sp³-hybridized carbons (Fsp3) is 0.462. The van der Waals surface area contributed by atoms with Crippen LogP contribution in [0.3, 0.4) is 0 Å². The monoisotopic (exact) mass is 300 g/mol. The Morgan fingerprint density at radius 3 is 2.47 bits per heavy atom. The molecule has 1 rings (SSSR count). The predicted octanol–water partition coefficient (Wildman–Crippen LogP) is 3.70. The van der Waals surface area contributed by atoms with Crippen LogP contribution in [-0.2, 0) is 0 Å². The normalized spacial score (nSPS) is 12.1. The molecule has 1 aromatic carbocycles. The van der Waals surface area contributed by atoms with Crippen molar-refractivity contribution in [2.75, 3.05) is 14.2 Å². The molecule has 3 nitrogen and oxygen atoms in total. The molecular formula is C13H17BrO3. The van der Waals surface area contributed by atoms with Crippen LogP contribution in [-0.4, -0.2) is 20.0 Å². The molecule has 0 N–H and O–H groups in total. The molecule has 0 fully saturated rings. The number of carbonyl (C=O) groups excluding carboxylic acids is 1. The highest BCUT2D eigenvalue weighted by atomic mass is 79.9. The van der Waals surface area contributed by atoms with Crippen LogP contribution < -0.4 is 9.47 Å². The molecule has 0 spiro atoms. The van der Waals surface area contributed by atoms with E-state index in [1.165, 1.54) is 0 Å². The van der Waals surface area contributed by atoms with Gasteiger partial charge in [0.05, 0.1) is 19.8 Å². The molecule has 1 unspecified atom stereocenters. The summed E-state index contributed by atoms with van der Waals surface area (Å²) < 4.78 is 11.1. The standard InChI is InChI=1S/C13H17BrO3/c1-5-8(2)13(15)12-10(14)6-9(16-3)7-11(12)17-4/h6-8H,5H2,1-4H3. The highest BCUT2D eigenvalue weighted by Gasteiger charge is 2.21. The highest BCUT2D eigenvalue weighted by Crippen LogP contribution is 2.34. The van der Waals surface area contributed by atoms with E-state index >= 15 is 0 Å². The number of Topliss-reactive ketones (excluding diaryl/α,β-unsaturated/α-hetero) is 1. The number of hydrogen-bond acceptors (Lipinski definition) is 3. The van der Waals surface area contributed by atoms with Gasteiger partial charge in [-0.1, -0.05) is 13.8 Å². The zero-order chi connectivity index (χ0) is 13.0. The second-order valence-corrected chi connectivity index (χ2v) is 4.71. The Hall–Kier alpha value is -1.03. The highest BCUT2D eigenvalue weighted by molar-refractivity contribution is 9.10. The Kier molecular flexibility index (Phi) is 5.00. The maximum absolute atomic E-state index is 12.2. The molecule has 0 aromatic heterocycles. The lowest BCUT2D eigenvalue weighted by atomic mass is 9.96. The molecule has 94 valence electrons. The van der Waals surface area contributed by atoms with Crippen molar-refractivity contribution in [3.05, 3.63) is 22.2 Å². The van der Waals surface area contributed by atoms with E-state index in [-0.39, 0.29) is 11.7 Å². The first-order valence-electron chi connectivity index (χ1n) is 5.50. The van der Waals surface area contributed by atoms with E-state index in [1.54, 1.807) is 26.4 Å². The van der Waals surface area contributed by atoms with Crippen LogP contribution in [0.15, 0.2) is 16.6 Å². The van der Waals surface area contributed by atoms with Crippen molar-refractivity contribution in [1.82, 2.24) is 0 Å². The second kappa shape index (κ2) is 6.05. The van der Waals surface area contributed by atoms with Crippen LogP contribution in [0.2, 0.25) is 0 Å². The number of carbonyl (C=O) groups is 1. The minimum Gasteiger partial charge on any atom is -0.497 e. The fourth-order valence-corrected chi connectivity index (χ4v) is 2.12. The molecule has 0 amide bonds. The summed E-state index contributed by atoms with van der Waals surface area (Å²) in [5, 5.41) is 0. The van der Waals surface area contributed by atoms with Crippen LogP contribution in [0.4, 0.5) is 0 Å². The molecule has 17 heavy (non-hydrogen) atoms. The summed E-state index contributed by atoms with van der Waals surface area (Å²) in [6.07, 6.45) is 0.806. The van der Waals surface area contributed by atoms with Gasteiger partial charge in [-0.25, -0.2) is 0 Å². The van der Waals surface area contributed by atoms with Gasteiger partial charge in [-0.05, 0) is 28.4 Å². The average molecular weight is 301 g/mol. The number of hydrogen-bond donors (Lipinski definition) is 0. The minimum absolute atomic E-state index is 0.0198. The van der Waals surface area contributed by atoms with Gasteiger partial charge < -0.3 is 9.47 Å². The van der Waals surface area contributed by atoms with Crippen molar-refractivity contribution in [2.45, 2.75) is 20.3 Å². The van der Waals surface area contributed by atoms with Gasteiger partial charge in [-0.2, -0.15) is 0 Å². The molecule has 0 heterocycles. The van der Waals surface area contributed by atoms with Gasteiger partial charge in [0.15, 0.2) is 5.78 Å². The number of benzene rings is 1. The summed E-state index contributed by atoms with van der Waals surface area (Å²) in [5.41, 5.74) is 0.586. The van der Waals surface area contributed by atoms with Crippen LogP contribution in [0, 0.1) is 5.92 Å². The molecule has 0 saturated heterocycles. The van der Waals surface area contributed by atoms with Crippen molar-refractivity contribution >= 4 is 21.7 Å². The number of ketones is 1. The molecule has 0 aliphatic rings. The first-order chi connectivity index (χ1) is 8.04. The SMILES string of the molecule is CCC(C)C(=O)c1c(Br)cc(OC)cc1OC. The Morgan fingerprint density at radius 2 is 2.00 bits per heavy atom. The molecule has 0 saturated carbocycles. The average Bonchev–Trinajstić information content (AvgIpc) is 2.35. The zero-order valence-corrected chi connectivity index (χ0v) is 12.1. The lowest BCUT2D eigenvalue weighted by Crippen LogP contribution is -2.12. The van der Waals surface area contributed by atoms with Crippen molar-refractivity contribution < 1.29 is 14.3 Å². The number of halogens is 1. The molecule has 1 aromatic rings. The summed E-state index contributed by atoms with van der Waals surface area (Å²) in [5.74, 6) is 1.27. The van der Waals surface area contributed by atoms with Crippen molar-refractivity contribution in [3.8, 4) is 11.5 Å². The molecule has 0 aliphatic carbocycles. The Bertz CT molecular complexity index is 415. The van der Waals surface area contributed by atoms with Gasteiger partial charge in [-0.15, -0.1) is 0 Å². The lowest BCUT2D eigenvalue weighted by Gasteiger charge is -2.14. The van der Waals surface area contributed by atoms with E-state index in [1.807, 2.05) is 13.8 Å².